The van der Waals surface area contributed by atoms with Gasteiger partial charge in [-0.2, -0.15) is 18.4 Å². The molecule has 0 aliphatic carbocycles. The van der Waals surface area contributed by atoms with Crippen molar-refractivity contribution in [3.63, 3.8) is 0 Å². The van der Waals surface area contributed by atoms with Crippen molar-refractivity contribution in [2.24, 2.45) is 0 Å². The number of hydrogen-bond acceptors (Lipinski definition) is 5. The quantitative estimate of drug-likeness (QED) is 0.557. The Morgan fingerprint density at radius 2 is 1.86 bits per heavy atom. The van der Waals surface area contributed by atoms with Gasteiger partial charge in [0, 0.05) is 11.3 Å². The fraction of sp³-hybridized carbons (Fsp3) is 0.150. The molecule has 0 saturated carbocycles. The molecule has 29 heavy (non-hydrogen) atoms. The number of anilines is 1. The zero-order valence-corrected chi connectivity index (χ0v) is 16.1. The second-order valence-electron chi connectivity index (χ2n) is 6.03. The Morgan fingerprint density at radius 1 is 1.17 bits per heavy atom. The van der Waals surface area contributed by atoms with Crippen molar-refractivity contribution >= 4 is 23.0 Å². The summed E-state index contributed by atoms with van der Waals surface area (Å²) >= 11 is 6.19. The number of benzene rings is 2. The van der Waals surface area contributed by atoms with Gasteiger partial charge in [0.1, 0.15) is 6.07 Å². The molecule has 0 aliphatic rings. The molecular weight excluding hydrogens is 405 g/mol. The highest BCUT2D eigenvalue weighted by Crippen LogP contribution is 2.32. The summed E-state index contributed by atoms with van der Waals surface area (Å²) in [7, 11) is 0. The van der Waals surface area contributed by atoms with Gasteiger partial charge in [0.25, 0.3) is 5.89 Å². The summed E-state index contributed by atoms with van der Waals surface area (Å²) in [6.07, 6.45) is -2.71. The van der Waals surface area contributed by atoms with E-state index in [0.717, 1.165) is 12.1 Å². The van der Waals surface area contributed by atoms with Crippen molar-refractivity contribution in [1.82, 2.24) is 10.2 Å². The summed E-state index contributed by atoms with van der Waals surface area (Å²) in [6.45, 7) is 3.52. The molecule has 0 radical (unpaired) electrons. The molecule has 5 nitrogen and oxygen atoms in total. The van der Waals surface area contributed by atoms with E-state index in [4.69, 9.17) is 21.3 Å². The predicted octanol–water partition coefficient (Wildman–Crippen LogP) is 6.06. The molecule has 0 unspecified atom stereocenters. The number of alkyl halides is 3. The highest BCUT2D eigenvalue weighted by Gasteiger charge is 2.30. The van der Waals surface area contributed by atoms with Crippen LogP contribution >= 0.6 is 11.6 Å². The minimum atomic E-state index is -4.42. The van der Waals surface area contributed by atoms with Gasteiger partial charge in [0.05, 0.1) is 21.8 Å². The first-order chi connectivity index (χ1) is 13.7. The van der Waals surface area contributed by atoms with Gasteiger partial charge < -0.3 is 9.73 Å². The molecular formula is C20H14ClF3N4O. The van der Waals surface area contributed by atoms with Crippen LogP contribution < -0.4 is 5.32 Å². The number of rotatable bonds is 4. The third-order valence-electron chi connectivity index (χ3n) is 4.18. The first-order valence-corrected chi connectivity index (χ1v) is 8.76. The molecule has 1 N–H and O–H groups in total. The van der Waals surface area contributed by atoms with Crippen molar-refractivity contribution in [3.8, 4) is 17.5 Å². The van der Waals surface area contributed by atoms with Gasteiger partial charge in [-0.3, -0.25) is 0 Å². The normalized spacial score (nSPS) is 12.0. The lowest BCUT2D eigenvalue weighted by atomic mass is 10.1. The molecule has 9 heteroatoms. The van der Waals surface area contributed by atoms with E-state index in [-0.39, 0.29) is 11.8 Å². The van der Waals surface area contributed by atoms with E-state index >= 15 is 0 Å². The minimum Gasteiger partial charge on any atom is -0.415 e. The molecule has 2 aromatic carbocycles. The van der Waals surface area contributed by atoms with Gasteiger partial charge in [-0.25, -0.2) is 0 Å². The van der Waals surface area contributed by atoms with Gasteiger partial charge in [-0.05, 0) is 55.8 Å². The maximum absolute atomic E-state index is 12.7. The summed E-state index contributed by atoms with van der Waals surface area (Å²) < 4.78 is 43.7. The number of nitrogens with one attached hydrogen (secondary N) is 1. The monoisotopic (exact) mass is 418 g/mol. The van der Waals surface area contributed by atoms with E-state index in [1.807, 2.05) is 6.07 Å². The first-order valence-electron chi connectivity index (χ1n) is 8.38. The van der Waals surface area contributed by atoms with E-state index < -0.39 is 11.7 Å². The van der Waals surface area contributed by atoms with Gasteiger partial charge in [0.2, 0.25) is 5.89 Å². The smallest absolute Gasteiger partial charge is 0.415 e. The highest BCUT2D eigenvalue weighted by molar-refractivity contribution is 6.32. The van der Waals surface area contributed by atoms with Crippen molar-refractivity contribution in [2.75, 3.05) is 5.32 Å². The fourth-order valence-electron chi connectivity index (χ4n) is 2.55. The zero-order chi connectivity index (χ0) is 21.2. The van der Waals surface area contributed by atoms with Crippen LogP contribution in [0.15, 0.2) is 46.9 Å². The van der Waals surface area contributed by atoms with Crippen LogP contribution in [0.4, 0.5) is 18.9 Å². The van der Waals surface area contributed by atoms with Crippen LogP contribution in [0.3, 0.4) is 0 Å². The summed E-state index contributed by atoms with van der Waals surface area (Å²) in [5.41, 5.74) is 1.78. The molecule has 148 valence electrons. The van der Waals surface area contributed by atoms with Crippen LogP contribution in [0.1, 0.15) is 29.5 Å². The Bertz CT molecular complexity index is 1110. The Morgan fingerprint density at radius 3 is 2.45 bits per heavy atom. The maximum atomic E-state index is 12.7. The van der Waals surface area contributed by atoms with Gasteiger partial charge in [0.15, 0.2) is 0 Å². The molecule has 0 amide bonds. The Kier molecular flexibility index (Phi) is 5.62. The maximum Gasteiger partial charge on any atom is 0.416 e. The second-order valence-corrected chi connectivity index (χ2v) is 6.40. The van der Waals surface area contributed by atoms with Gasteiger partial charge >= 0.3 is 6.18 Å². The van der Waals surface area contributed by atoms with E-state index in [2.05, 4.69) is 15.5 Å². The summed E-state index contributed by atoms with van der Waals surface area (Å²) in [5, 5.41) is 20.4. The van der Waals surface area contributed by atoms with Crippen LogP contribution in [-0.4, -0.2) is 10.2 Å². The summed E-state index contributed by atoms with van der Waals surface area (Å²) in [6, 6.07) is 9.76. The lowest BCUT2D eigenvalue weighted by Gasteiger charge is -2.12. The van der Waals surface area contributed by atoms with Gasteiger partial charge in [-0.15, -0.1) is 10.2 Å². The van der Waals surface area contributed by atoms with Crippen LogP contribution in [0.5, 0.6) is 0 Å². The average molecular weight is 419 g/mol. The SMILES string of the molecule is CC=C(Nc1ccc(C#N)c(Cl)c1C)c1nnc(-c2ccc(C(F)(F)F)cc2)o1. The fourth-order valence-corrected chi connectivity index (χ4v) is 2.76. The van der Waals surface area contributed by atoms with Crippen LogP contribution in [0.2, 0.25) is 5.02 Å². The third-order valence-corrected chi connectivity index (χ3v) is 4.67. The Labute approximate surface area is 169 Å². The molecule has 1 aromatic heterocycles. The second kappa shape index (κ2) is 7.97. The number of allylic oxidation sites excluding steroid dienone is 1. The van der Waals surface area contributed by atoms with Gasteiger partial charge in [-0.1, -0.05) is 17.7 Å². The Balaban J connectivity index is 1.85. The highest BCUT2D eigenvalue weighted by atomic mass is 35.5. The number of nitrogens with zero attached hydrogens (tertiary/aromatic N) is 3. The number of aromatic nitrogens is 2. The van der Waals surface area contributed by atoms with Crippen LogP contribution in [-0.2, 0) is 6.18 Å². The molecule has 0 bridgehead atoms. The van der Waals surface area contributed by atoms with Crippen molar-refractivity contribution in [1.29, 1.82) is 5.26 Å². The number of halogens is 4. The first kappa shape index (κ1) is 20.4. The molecule has 3 rings (SSSR count). The molecule has 0 spiro atoms. The molecule has 3 aromatic rings. The average Bonchev–Trinajstić information content (AvgIpc) is 3.18. The van der Waals surface area contributed by atoms with E-state index in [1.165, 1.54) is 12.1 Å². The van der Waals surface area contributed by atoms with Crippen molar-refractivity contribution in [2.45, 2.75) is 20.0 Å². The zero-order valence-electron chi connectivity index (χ0n) is 15.3. The largest absolute Gasteiger partial charge is 0.416 e. The molecule has 0 saturated heterocycles. The molecule has 1 heterocycles. The van der Waals surface area contributed by atoms with Crippen molar-refractivity contribution < 1.29 is 17.6 Å². The molecule has 0 atom stereocenters. The lowest BCUT2D eigenvalue weighted by Crippen LogP contribution is -2.03. The van der Waals surface area contributed by atoms with E-state index in [1.54, 1.807) is 32.1 Å². The topological polar surface area (TPSA) is 74.7 Å². The molecule has 0 aliphatic heterocycles. The lowest BCUT2D eigenvalue weighted by molar-refractivity contribution is -0.137. The van der Waals surface area contributed by atoms with E-state index in [9.17, 15) is 13.2 Å². The number of nitriles is 1. The third kappa shape index (κ3) is 4.25. The number of hydrogen-bond donors (Lipinski definition) is 1. The standard InChI is InChI=1S/C20H14ClF3N4O/c1-3-15(26-16-9-6-13(10-25)17(21)11(16)2)19-28-27-18(29-19)12-4-7-14(8-5-12)20(22,23)24/h3-9,26H,1-2H3. The summed E-state index contributed by atoms with van der Waals surface area (Å²) in [4.78, 5) is 0. The Hall–Kier alpha value is -3.31. The van der Waals surface area contributed by atoms with Crippen molar-refractivity contribution in [3.05, 3.63) is 70.1 Å². The van der Waals surface area contributed by atoms with E-state index in [0.29, 0.717) is 33.1 Å². The predicted molar refractivity (Wildman–Crippen MR) is 103 cm³/mol. The minimum absolute atomic E-state index is 0.0875. The molecule has 0 fully saturated rings. The van der Waals surface area contributed by atoms with Crippen LogP contribution in [0.25, 0.3) is 17.2 Å². The summed E-state index contributed by atoms with van der Waals surface area (Å²) in [5.74, 6) is 0.242. The van der Waals surface area contributed by atoms with Crippen LogP contribution in [0, 0.1) is 18.3 Å².